The first-order chi connectivity index (χ1) is 12.6. The Labute approximate surface area is 152 Å². The van der Waals surface area contributed by atoms with Crippen molar-refractivity contribution in [3.05, 3.63) is 71.8 Å². The highest BCUT2D eigenvalue weighted by molar-refractivity contribution is 6.05. The fourth-order valence-electron chi connectivity index (χ4n) is 3.75. The van der Waals surface area contributed by atoms with E-state index in [2.05, 4.69) is 0 Å². The maximum atomic E-state index is 12.5. The van der Waals surface area contributed by atoms with Gasteiger partial charge in [0.15, 0.2) is 6.29 Å². The second-order valence-electron chi connectivity index (χ2n) is 6.78. The predicted molar refractivity (Wildman–Crippen MR) is 95.0 cm³/mol. The third-order valence-corrected chi connectivity index (χ3v) is 5.05. The molecule has 4 atom stereocenters. The lowest BCUT2D eigenvalue weighted by molar-refractivity contribution is -0.172. The number of Topliss-reactive ketones (excluding diaryl/α,β-unsaturated/α-hetero) is 1. The van der Waals surface area contributed by atoms with Crippen LogP contribution in [-0.4, -0.2) is 35.3 Å². The molecule has 2 fully saturated rings. The number of likely N-dealkylation sites (tertiary alicyclic amines) is 1. The lowest BCUT2D eigenvalue weighted by atomic mass is 9.80. The second-order valence-corrected chi connectivity index (χ2v) is 6.78. The zero-order chi connectivity index (χ0) is 18.1. The van der Waals surface area contributed by atoms with Gasteiger partial charge in [-0.15, -0.1) is 0 Å². The summed E-state index contributed by atoms with van der Waals surface area (Å²) in [4.78, 5) is 26.3. The van der Waals surface area contributed by atoms with Crippen molar-refractivity contribution in [1.29, 1.82) is 0 Å². The van der Waals surface area contributed by atoms with E-state index in [4.69, 9.17) is 9.47 Å². The van der Waals surface area contributed by atoms with E-state index < -0.39 is 12.2 Å². The van der Waals surface area contributed by atoms with Crippen LogP contribution in [0.2, 0.25) is 0 Å². The molecule has 0 N–H and O–H groups in total. The highest BCUT2D eigenvalue weighted by Crippen LogP contribution is 2.38. The molecule has 0 spiro atoms. The normalized spacial score (nSPS) is 28.0. The van der Waals surface area contributed by atoms with Crippen LogP contribution in [0.4, 0.5) is 0 Å². The SMILES string of the molecule is CC(=O)[C@H]1C(=O)N(Cc2ccccc2)[C@@H]1[C@H]1COC(c2ccccc2)O1. The fraction of sp³-hybridized carbons (Fsp3) is 0.333. The number of ketones is 1. The Morgan fingerprint density at radius 3 is 2.38 bits per heavy atom. The largest absolute Gasteiger partial charge is 0.346 e. The van der Waals surface area contributed by atoms with E-state index in [0.29, 0.717) is 13.2 Å². The number of amides is 1. The van der Waals surface area contributed by atoms with Crippen LogP contribution in [0.1, 0.15) is 24.3 Å². The quantitative estimate of drug-likeness (QED) is 0.614. The molecule has 0 radical (unpaired) electrons. The smallest absolute Gasteiger partial charge is 0.236 e. The molecule has 2 aliphatic rings. The minimum atomic E-state index is -0.637. The average molecular weight is 351 g/mol. The summed E-state index contributed by atoms with van der Waals surface area (Å²) in [6, 6.07) is 19.2. The van der Waals surface area contributed by atoms with Crippen LogP contribution in [-0.2, 0) is 25.6 Å². The van der Waals surface area contributed by atoms with Gasteiger partial charge in [0.2, 0.25) is 5.91 Å². The second kappa shape index (κ2) is 7.02. The first-order valence-corrected chi connectivity index (χ1v) is 8.82. The van der Waals surface area contributed by atoms with Crippen molar-refractivity contribution in [3.63, 3.8) is 0 Å². The summed E-state index contributed by atoms with van der Waals surface area (Å²) in [7, 11) is 0. The monoisotopic (exact) mass is 351 g/mol. The van der Waals surface area contributed by atoms with Gasteiger partial charge in [0.05, 0.1) is 12.6 Å². The van der Waals surface area contributed by atoms with Crippen molar-refractivity contribution in [2.75, 3.05) is 6.61 Å². The number of hydrogen-bond acceptors (Lipinski definition) is 4. The van der Waals surface area contributed by atoms with E-state index in [1.807, 2.05) is 60.7 Å². The Morgan fingerprint density at radius 2 is 1.73 bits per heavy atom. The maximum Gasteiger partial charge on any atom is 0.236 e. The Kier molecular flexibility index (Phi) is 4.57. The summed E-state index contributed by atoms with van der Waals surface area (Å²) in [5, 5.41) is 0. The van der Waals surface area contributed by atoms with Crippen LogP contribution in [0.3, 0.4) is 0 Å². The lowest BCUT2D eigenvalue weighted by Crippen LogP contribution is -2.67. The molecule has 26 heavy (non-hydrogen) atoms. The summed E-state index contributed by atoms with van der Waals surface area (Å²) in [5.41, 5.74) is 1.97. The molecule has 134 valence electrons. The van der Waals surface area contributed by atoms with Gasteiger partial charge in [-0.05, 0) is 12.5 Å². The summed E-state index contributed by atoms with van der Waals surface area (Å²) in [5.74, 6) is -0.879. The number of ether oxygens (including phenoxy) is 2. The molecule has 2 saturated heterocycles. The summed E-state index contributed by atoms with van der Waals surface area (Å²) < 4.78 is 11.9. The Bertz CT molecular complexity index is 792. The van der Waals surface area contributed by atoms with Gasteiger partial charge in [0.1, 0.15) is 17.8 Å². The molecule has 2 aromatic rings. The van der Waals surface area contributed by atoms with Crippen molar-refractivity contribution < 1.29 is 19.1 Å². The van der Waals surface area contributed by atoms with Gasteiger partial charge in [-0.1, -0.05) is 60.7 Å². The number of rotatable bonds is 5. The van der Waals surface area contributed by atoms with E-state index in [1.165, 1.54) is 6.92 Å². The maximum absolute atomic E-state index is 12.5. The third kappa shape index (κ3) is 3.04. The third-order valence-electron chi connectivity index (χ3n) is 5.05. The first kappa shape index (κ1) is 16.9. The summed E-state index contributed by atoms with van der Waals surface area (Å²) >= 11 is 0. The van der Waals surface area contributed by atoms with Crippen LogP contribution < -0.4 is 0 Å². The Hall–Kier alpha value is -2.50. The van der Waals surface area contributed by atoms with Crippen LogP contribution in [0.25, 0.3) is 0 Å². The molecule has 2 aromatic carbocycles. The number of carbonyl (C=O) groups excluding carboxylic acids is 2. The molecule has 1 unspecified atom stereocenters. The molecule has 1 amide bonds. The minimum absolute atomic E-state index is 0.115. The Morgan fingerprint density at radius 1 is 1.08 bits per heavy atom. The lowest BCUT2D eigenvalue weighted by Gasteiger charge is -2.48. The van der Waals surface area contributed by atoms with E-state index in [-0.39, 0.29) is 23.8 Å². The summed E-state index contributed by atoms with van der Waals surface area (Å²) in [6.45, 7) is 2.32. The highest BCUT2D eigenvalue weighted by Gasteiger charge is 2.55. The topological polar surface area (TPSA) is 55.8 Å². The average Bonchev–Trinajstić information content (AvgIpc) is 3.14. The van der Waals surface area contributed by atoms with E-state index in [9.17, 15) is 9.59 Å². The van der Waals surface area contributed by atoms with Gasteiger partial charge in [0.25, 0.3) is 0 Å². The van der Waals surface area contributed by atoms with Gasteiger partial charge in [-0.25, -0.2) is 0 Å². The molecule has 2 heterocycles. The molecule has 0 aromatic heterocycles. The van der Waals surface area contributed by atoms with Crippen molar-refractivity contribution in [1.82, 2.24) is 4.90 Å². The molecule has 2 aliphatic heterocycles. The van der Waals surface area contributed by atoms with Gasteiger partial charge < -0.3 is 14.4 Å². The molecule has 0 saturated carbocycles. The van der Waals surface area contributed by atoms with E-state index >= 15 is 0 Å². The van der Waals surface area contributed by atoms with Gasteiger partial charge in [0, 0.05) is 12.1 Å². The molecule has 5 heteroatoms. The molecular weight excluding hydrogens is 330 g/mol. The van der Waals surface area contributed by atoms with Crippen LogP contribution in [0.15, 0.2) is 60.7 Å². The molecule has 0 bridgehead atoms. The van der Waals surface area contributed by atoms with E-state index in [0.717, 1.165) is 11.1 Å². The molecule has 5 nitrogen and oxygen atoms in total. The zero-order valence-electron chi connectivity index (χ0n) is 14.6. The standard InChI is InChI=1S/C21H21NO4/c1-14(23)18-19(22(20(18)24)12-15-8-4-2-5-9-15)17-13-25-21(26-17)16-10-6-3-7-11-16/h2-11,17-19,21H,12-13H2,1H3/t17-,18-,19-,21?/m1/s1. The molecule has 4 rings (SSSR count). The zero-order valence-corrected chi connectivity index (χ0v) is 14.6. The van der Waals surface area contributed by atoms with Crippen molar-refractivity contribution in [3.8, 4) is 0 Å². The number of benzene rings is 2. The summed E-state index contributed by atoms with van der Waals surface area (Å²) in [6.07, 6.45) is -0.765. The first-order valence-electron chi connectivity index (χ1n) is 8.82. The molecule has 0 aliphatic carbocycles. The number of hydrogen-bond donors (Lipinski definition) is 0. The van der Waals surface area contributed by atoms with Gasteiger partial charge in [-0.3, -0.25) is 9.59 Å². The molecular formula is C21H21NO4. The van der Waals surface area contributed by atoms with Crippen molar-refractivity contribution in [2.45, 2.75) is 31.9 Å². The van der Waals surface area contributed by atoms with Crippen molar-refractivity contribution in [2.24, 2.45) is 5.92 Å². The highest BCUT2D eigenvalue weighted by atomic mass is 16.7. The predicted octanol–water partition coefficient (Wildman–Crippen LogP) is 2.72. The van der Waals surface area contributed by atoms with E-state index in [1.54, 1.807) is 4.90 Å². The van der Waals surface area contributed by atoms with Crippen LogP contribution >= 0.6 is 0 Å². The van der Waals surface area contributed by atoms with Crippen LogP contribution in [0.5, 0.6) is 0 Å². The minimum Gasteiger partial charge on any atom is -0.346 e. The number of β-lactam (4-membered cyclic amide) rings is 1. The van der Waals surface area contributed by atoms with Gasteiger partial charge >= 0.3 is 0 Å². The van der Waals surface area contributed by atoms with Crippen molar-refractivity contribution >= 4 is 11.7 Å². The van der Waals surface area contributed by atoms with Gasteiger partial charge in [-0.2, -0.15) is 0 Å². The number of carbonyl (C=O) groups is 2. The fourth-order valence-corrected chi connectivity index (χ4v) is 3.75. The number of nitrogens with zero attached hydrogens (tertiary/aromatic N) is 1. The van der Waals surface area contributed by atoms with Crippen LogP contribution in [0, 0.1) is 5.92 Å². The Balaban J connectivity index is 1.52.